The first-order valence-corrected chi connectivity index (χ1v) is 9.00. The van der Waals surface area contributed by atoms with Gasteiger partial charge in [0.25, 0.3) is 0 Å². The topological polar surface area (TPSA) is 90.6 Å². The molecule has 0 fully saturated rings. The number of benzene rings is 3. The number of nitrogens with zero attached hydrogens (tertiary/aromatic N) is 3. The SMILES string of the molecule is Oc1ccccc1C=NNc1nc(-c2ccccc2)cc(-c2ccccc2O)n1. The summed E-state index contributed by atoms with van der Waals surface area (Å²) in [4.78, 5) is 9.02. The van der Waals surface area contributed by atoms with Gasteiger partial charge in [0.1, 0.15) is 11.5 Å². The third-order valence-corrected chi connectivity index (χ3v) is 4.28. The number of nitrogens with one attached hydrogen (secondary N) is 1. The minimum Gasteiger partial charge on any atom is -0.507 e. The number of phenolic OH excluding ortho intramolecular Hbond substituents is 2. The molecule has 0 aliphatic heterocycles. The number of hydrogen-bond donors (Lipinski definition) is 3. The highest BCUT2D eigenvalue weighted by molar-refractivity contribution is 5.83. The fourth-order valence-corrected chi connectivity index (χ4v) is 2.84. The first-order chi connectivity index (χ1) is 14.2. The van der Waals surface area contributed by atoms with Gasteiger partial charge in [0.15, 0.2) is 0 Å². The van der Waals surface area contributed by atoms with E-state index in [0.717, 1.165) is 5.56 Å². The van der Waals surface area contributed by atoms with Crippen LogP contribution < -0.4 is 5.43 Å². The second-order valence-electron chi connectivity index (χ2n) is 6.27. The van der Waals surface area contributed by atoms with Crippen molar-refractivity contribution in [3.05, 3.63) is 90.5 Å². The van der Waals surface area contributed by atoms with Crippen molar-refractivity contribution in [1.82, 2.24) is 9.97 Å². The van der Waals surface area contributed by atoms with E-state index >= 15 is 0 Å². The Labute approximate surface area is 167 Å². The number of hydrogen-bond acceptors (Lipinski definition) is 6. The number of hydrazone groups is 1. The average Bonchev–Trinajstić information content (AvgIpc) is 2.76. The molecule has 0 amide bonds. The van der Waals surface area contributed by atoms with Gasteiger partial charge in [-0.15, -0.1) is 0 Å². The lowest BCUT2D eigenvalue weighted by Gasteiger charge is -2.09. The van der Waals surface area contributed by atoms with Crippen molar-refractivity contribution in [2.24, 2.45) is 5.10 Å². The Balaban J connectivity index is 1.72. The van der Waals surface area contributed by atoms with Gasteiger partial charge in [0.05, 0.1) is 17.6 Å². The van der Waals surface area contributed by atoms with Gasteiger partial charge in [0.2, 0.25) is 5.95 Å². The molecule has 0 aliphatic carbocycles. The van der Waals surface area contributed by atoms with E-state index in [4.69, 9.17) is 0 Å². The van der Waals surface area contributed by atoms with Crippen LogP contribution in [0.5, 0.6) is 11.5 Å². The summed E-state index contributed by atoms with van der Waals surface area (Å²) < 4.78 is 0. The third kappa shape index (κ3) is 4.22. The van der Waals surface area contributed by atoms with Crippen LogP contribution in [0.15, 0.2) is 90.0 Å². The lowest BCUT2D eigenvalue weighted by atomic mass is 10.1. The summed E-state index contributed by atoms with van der Waals surface area (Å²) in [6, 6.07) is 25.4. The molecule has 4 rings (SSSR count). The summed E-state index contributed by atoms with van der Waals surface area (Å²) >= 11 is 0. The molecule has 0 unspecified atom stereocenters. The van der Waals surface area contributed by atoms with E-state index in [1.165, 1.54) is 6.21 Å². The van der Waals surface area contributed by atoms with E-state index in [0.29, 0.717) is 22.5 Å². The van der Waals surface area contributed by atoms with Crippen molar-refractivity contribution in [1.29, 1.82) is 0 Å². The highest BCUT2D eigenvalue weighted by Crippen LogP contribution is 2.30. The lowest BCUT2D eigenvalue weighted by Crippen LogP contribution is -2.00. The number of para-hydroxylation sites is 2. The van der Waals surface area contributed by atoms with Crippen LogP contribution in [0, 0.1) is 0 Å². The molecular formula is C23H18N4O2. The Morgan fingerprint density at radius 3 is 2.14 bits per heavy atom. The molecule has 29 heavy (non-hydrogen) atoms. The predicted octanol–water partition coefficient (Wildman–Crippen LogP) is 4.67. The van der Waals surface area contributed by atoms with Crippen LogP contribution >= 0.6 is 0 Å². The van der Waals surface area contributed by atoms with Gasteiger partial charge < -0.3 is 10.2 Å². The van der Waals surface area contributed by atoms with Crippen LogP contribution in [0.3, 0.4) is 0 Å². The number of phenols is 2. The van der Waals surface area contributed by atoms with Crippen LogP contribution in [0.1, 0.15) is 5.56 Å². The summed E-state index contributed by atoms with van der Waals surface area (Å²) in [6.07, 6.45) is 1.49. The van der Waals surface area contributed by atoms with Gasteiger partial charge in [-0.25, -0.2) is 15.4 Å². The van der Waals surface area contributed by atoms with Crippen LogP contribution in [0.2, 0.25) is 0 Å². The minimum absolute atomic E-state index is 0.131. The van der Waals surface area contributed by atoms with Crippen molar-refractivity contribution < 1.29 is 10.2 Å². The fraction of sp³-hybridized carbons (Fsp3) is 0. The van der Waals surface area contributed by atoms with E-state index in [1.54, 1.807) is 36.4 Å². The van der Waals surface area contributed by atoms with Crippen molar-refractivity contribution in [3.8, 4) is 34.0 Å². The quantitative estimate of drug-likeness (QED) is 0.345. The Bertz CT molecular complexity index is 1160. The lowest BCUT2D eigenvalue weighted by molar-refractivity contribution is 0.474. The molecule has 142 valence electrons. The molecule has 3 aromatic carbocycles. The number of anilines is 1. The summed E-state index contributed by atoms with van der Waals surface area (Å²) in [5.41, 5.74) is 6.16. The monoisotopic (exact) mass is 382 g/mol. The molecule has 4 aromatic rings. The Morgan fingerprint density at radius 2 is 1.38 bits per heavy atom. The number of aromatic hydroxyl groups is 2. The average molecular weight is 382 g/mol. The van der Waals surface area contributed by atoms with E-state index < -0.39 is 0 Å². The molecule has 0 atom stereocenters. The molecule has 0 spiro atoms. The summed E-state index contributed by atoms with van der Waals surface area (Å²) in [6.45, 7) is 0. The highest BCUT2D eigenvalue weighted by Gasteiger charge is 2.11. The molecule has 0 aliphatic rings. The maximum Gasteiger partial charge on any atom is 0.244 e. The van der Waals surface area contributed by atoms with Gasteiger partial charge in [-0.3, -0.25) is 0 Å². The second-order valence-corrected chi connectivity index (χ2v) is 6.27. The Morgan fingerprint density at radius 1 is 0.724 bits per heavy atom. The number of aromatic nitrogens is 2. The summed E-state index contributed by atoms with van der Waals surface area (Å²) in [5, 5.41) is 24.2. The first kappa shape index (κ1) is 18.2. The summed E-state index contributed by atoms with van der Waals surface area (Å²) in [7, 11) is 0. The van der Waals surface area contributed by atoms with Crippen LogP contribution in [0.25, 0.3) is 22.5 Å². The molecule has 0 saturated heterocycles. The molecular weight excluding hydrogens is 364 g/mol. The Kier molecular flexibility index (Phi) is 5.16. The van der Waals surface area contributed by atoms with E-state index in [-0.39, 0.29) is 17.4 Å². The molecule has 0 radical (unpaired) electrons. The van der Waals surface area contributed by atoms with Gasteiger partial charge in [-0.05, 0) is 30.3 Å². The zero-order valence-electron chi connectivity index (χ0n) is 15.4. The first-order valence-electron chi connectivity index (χ1n) is 9.00. The predicted molar refractivity (Wildman–Crippen MR) is 114 cm³/mol. The zero-order valence-corrected chi connectivity index (χ0v) is 15.4. The largest absolute Gasteiger partial charge is 0.507 e. The van der Waals surface area contributed by atoms with Gasteiger partial charge in [0, 0.05) is 16.7 Å². The van der Waals surface area contributed by atoms with E-state index in [2.05, 4.69) is 20.5 Å². The molecule has 6 nitrogen and oxygen atoms in total. The van der Waals surface area contributed by atoms with Gasteiger partial charge in [-0.1, -0.05) is 54.6 Å². The van der Waals surface area contributed by atoms with Crippen LogP contribution in [-0.4, -0.2) is 26.4 Å². The number of rotatable bonds is 5. The summed E-state index contributed by atoms with van der Waals surface area (Å²) in [5.74, 6) is 0.539. The maximum atomic E-state index is 10.2. The molecule has 1 heterocycles. The maximum absolute atomic E-state index is 10.2. The highest BCUT2D eigenvalue weighted by atomic mass is 16.3. The van der Waals surface area contributed by atoms with Crippen molar-refractivity contribution in [2.75, 3.05) is 5.43 Å². The van der Waals surface area contributed by atoms with Crippen molar-refractivity contribution in [2.45, 2.75) is 0 Å². The fourth-order valence-electron chi connectivity index (χ4n) is 2.84. The zero-order chi connectivity index (χ0) is 20.1. The molecule has 0 saturated carbocycles. The van der Waals surface area contributed by atoms with Crippen molar-refractivity contribution in [3.63, 3.8) is 0 Å². The van der Waals surface area contributed by atoms with E-state index in [9.17, 15) is 10.2 Å². The third-order valence-electron chi connectivity index (χ3n) is 4.28. The second kappa shape index (κ2) is 8.22. The molecule has 3 N–H and O–H groups in total. The minimum atomic E-state index is 0.131. The molecule has 1 aromatic heterocycles. The van der Waals surface area contributed by atoms with Gasteiger partial charge >= 0.3 is 0 Å². The van der Waals surface area contributed by atoms with Crippen LogP contribution in [-0.2, 0) is 0 Å². The van der Waals surface area contributed by atoms with Crippen LogP contribution in [0.4, 0.5) is 5.95 Å². The van der Waals surface area contributed by atoms with Gasteiger partial charge in [-0.2, -0.15) is 5.10 Å². The molecule has 0 bridgehead atoms. The standard InChI is InChI=1S/C23H18N4O2/c28-21-12-6-4-10-17(21)15-24-27-23-25-19(16-8-2-1-3-9-16)14-20(26-23)18-11-5-7-13-22(18)29/h1-15,28-29H,(H,25,26,27). The van der Waals surface area contributed by atoms with E-state index in [1.807, 2.05) is 48.5 Å². The normalized spacial score (nSPS) is 10.9. The molecule has 6 heteroatoms. The Hall–Kier alpha value is -4.19. The van der Waals surface area contributed by atoms with Crippen molar-refractivity contribution >= 4 is 12.2 Å². The smallest absolute Gasteiger partial charge is 0.244 e.